The van der Waals surface area contributed by atoms with Gasteiger partial charge in [0.05, 0.1) is 0 Å². The van der Waals surface area contributed by atoms with Crippen molar-refractivity contribution < 1.29 is 43.9 Å². The Hall–Kier alpha value is -2.98. The summed E-state index contributed by atoms with van der Waals surface area (Å²) in [5.74, 6) is -21.2. The fourth-order valence-electron chi connectivity index (χ4n) is 2.37. The Bertz CT molecular complexity index is 1140. The van der Waals surface area contributed by atoms with Gasteiger partial charge in [-0.05, 0) is 0 Å². The Morgan fingerprint density at radius 1 is 0.630 bits per heavy atom. The molecule has 11 heteroatoms. The summed E-state index contributed by atoms with van der Waals surface area (Å²) in [5, 5.41) is -1.33. The highest BCUT2D eigenvalue weighted by Gasteiger charge is 2.28. The third kappa shape index (κ3) is 2.73. The van der Waals surface area contributed by atoms with E-state index in [0.717, 1.165) is 0 Å². The second-order valence-corrected chi connectivity index (χ2v) is 5.26. The fraction of sp³-hybridized carbons (Fsp3) is 0.0625. The van der Waals surface area contributed by atoms with Crippen LogP contribution in [0.4, 0.5) is 39.5 Å². The fourth-order valence-corrected chi connectivity index (χ4v) is 2.37. The Morgan fingerprint density at radius 2 is 1.07 bits per heavy atom. The summed E-state index contributed by atoms with van der Waals surface area (Å²) in [5.41, 5.74) is -4.32. The zero-order valence-corrected chi connectivity index (χ0v) is 12.5. The SMILES string of the molecule is O=c1cc(Cc2c(F)c(F)c(F)c(F)c2F)oc2c(F)c(F)c(F)c(F)c12. The van der Waals surface area contributed by atoms with E-state index in [-0.39, 0.29) is 0 Å². The molecule has 0 amide bonds. The summed E-state index contributed by atoms with van der Waals surface area (Å²) in [7, 11) is 0. The lowest BCUT2D eigenvalue weighted by Crippen LogP contribution is -2.12. The number of hydrogen-bond donors (Lipinski definition) is 0. The predicted molar refractivity (Wildman–Crippen MR) is 71.4 cm³/mol. The van der Waals surface area contributed by atoms with Crippen molar-refractivity contribution in [3.05, 3.63) is 80.0 Å². The molecule has 0 radical (unpaired) electrons. The van der Waals surface area contributed by atoms with Gasteiger partial charge in [0.1, 0.15) is 11.1 Å². The second kappa shape index (κ2) is 6.32. The molecule has 0 saturated carbocycles. The molecule has 0 aliphatic rings. The van der Waals surface area contributed by atoms with Crippen LogP contribution < -0.4 is 5.43 Å². The van der Waals surface area contributed by atoms with Crippen LogP contribution in [0.3, 0.4) is 0 Å². The van der Waals surface area contributed by atoms with Gasteiger partial charge in [-0.25, -0.2) is 35.1 Å². The first-order chi connectivity index (χ1) is 12.6. The highest BCUT2D eigenvalue weighted by atomic mass is 19.2. The number of rotatable bonds is 2. The van der Waals surface area contributed by atoms with E-state index in [2.05, 4.69) is 4.42 Å². The molecule has 0 aliphatic heterocycles. The van der Waals surface area contributed by atoms with Gasteiger partial charge in [-0.15, -0.1) is 0 Å². The van der Waals surface area contributed by atoms with E-state index in [9.17, 15) is 44.3 Å². The molecule has 0 N–H and O–H groups in total. The van der Waals surface area contributed by atoms with E-state index < -0.39 is 86.5 Å². The molecule has 2 nitrogen and oxygen atoms in total. The molecule has 0 unspecified atom stereocenters. The molecule has 0 aliphatic carbocycles. The molecule has 0 spiro atoms. The molecule has 0 atom stereocenters. The topological polar surface area (TPSA) is 30.2 Å². The van der Waals surface area contributed by atoms with Crippen LogP contribution in [0.5, 0.6) is 0 Å². The molecule has 1 aromatic heterocycles. The van der Waals surface area contributed by atoms with E-state index in [1.54, 1.807) is 0 Å². The second-order valence-electron chi connectivity index (χ2n) is 5.26. The van der Waals surface area contributed by atoms with Crippen LogP contribution in [0.15, 0.2) is 15.3 Å². The molecule has 2 aromatic carbocycles. The summed E-state index contributed by atoms with van der Waals surface area (Å²) >= 11 is 0. The highest BCUT2D eigenvalue weighted by Crippen LogP contribution is 2.28. The van der Waals surface area contributed by atoms with Crippen LogP contribution >= 0.6 is 0 Å². The van der Waals surface area contributed by atoms with Crippen molar-refractivity contribution in [1.82, 2.24) is 0 Å². The summed E-state index contributed by atoms with van der Waals surface area (Å²) in [6, 6.07) is 0.320. The van der Waals surface area contributed by atoms with Gasteiger partial charge in [-0.2, -0.15) is 4.39 Å². The van der Waals surface area contributed by atoms with Gasteiger partial charge in [-0.3, -0.25) is 4.79 Å². The van der Waals surface area contributed by atoms with Crippen molar-refractivity contribution in [3.63, 3.8) is 0 Å². The van der Waals surface area contributed by atoms with Crippen molar-refractivity contribution in [1.29, 1.82) is 0 Å². The Morgan fingerprint density at radius 3 is 1.63 bits per heavy atom. The first-order valence-corrected chi connectivity index (χ1v) is 6.85. The Kier molecular flexibility index (Phi) is 4.40. The minimum atomic E-state index is -2.43. The van der Waals surface area contributed by atoms with Crippen LogP contribution in [-0.4, -0.2) is 0 Å². The van der Waals surface area contributed by atoms with Crippen molar-refractivity contribution in [3.8, 4) is 0 Å². The third-order valence-corrected chi connectivity index (χ3v) is 3.65. The lowest BCUT2D eigenvalue weighted by atomic mass is 10.1. The molecule has 142 valence electrons. The van der Waals surface area contributed by atoms with Gasteiger partial charge in [0.15, 0.2) is 45.9 Å². The van der Waals surface area contributed by atoms with E-state index in [4.69, 9.17) is 0 Å². The molecule has 0 bridgehead atoms. The minimum Gasteiger partial charge on any atom is -0.457 e. The maximum atomic E-state index is 13.7. The molecule has 3 rings (SSSR count). The van der Waals surface area contributed by atoms with E-state index in [1.807, 2.05) is 0 Å². The van der Waals surface area contributed by atoms with Gasteiger partial charge in [-0.1, -0.05) is 0 Å². The van der Waals surface area contributed by atoms with Gasteiger partial charge in [0.25, 0.3) is 0 Å². The number of hydrogen-bond acceptors (Lipinski definition) is 2. The van der Waals surface area contributed by atoms with Crippen molar-refractivity contribution in [2.75, 3.05) is 0 Å². The quantitative estimate of drug-likeness (QED) is 0.358. The standard InChI is InChI=1S/C16H3F9O2/c17-7-4(8(18)11(21)13(23)10(7)20)1-3-2-5(26)6-9(19)12(22)14(24)15(25)16(6)27-3/h2H,1H2. The zero-order chi connectivity index (χ0) is 20.2. The minimum absolute atomic E-state index is 0.320. The van der Waals surface area contributed by atoms with Crippen LogP contribution in [0.25, 0.3) is 11.0 Å². The van der Waals surface area contributed by atoms with Gasteiger partial charge >= 0.3 is 0 Å². The van der Waals surface area contributed by atoms with Gasteiger partial charge < -0.3 is 4.42 Å². The lowest BCUT2D eigenvalue weighted by Gasteiger charge is -2.09. The van der Waals surface area contributed by atoms with E-state index >= 15 is 0 Å². The molecule has 3 aromatic rings. The molecule has 1 heterocycles. The van der Waals surface area contributed by atoms with Crippen LogP contribution in [0.2, 0.25) is 0 Å². The zero-order valence-electron chi connectivity index (χ0n) is 12.5. The molecule has 0 fully saturated rings. The van der Waals surface area contributed by atoms with Crippen molar-refractivity contribution >= 4 is 11.0 Å². The number of fused-ring (bicyclic) bond motifs is 1. The van der Waals surface area contributed by atoms with Crippen LogP contribution in [0.1, 0.15) is 11.3 Å². The van der Waals surface area contributed by atoms with E-state index in [0.29, 0.717) is 6.07 Å². The summed E-state index contributed by atoms with van der Waals surface area (Å²) in [6.07, 6.45) is -1.25. The Labute approximate surface area is 142 Å². The Balaban J connectivity index is 2.26. The van der Waals surface area contributed by atoms with E-state index in [1.165, 1.54) is 0 Å². The van der Waals surface area contributed by atoms with Crippen LogP contribution in [0, 0.1) is 52.4 Å². The predicted octanol–water partition coefficient (Wildman–Crippen LogP) is 4.64. The molecule has 0 saturated heterocycles. The summed E-state index contributed by atoms with van der Waals surface area (Å²) < 4.78 is 125. The smallest absolute Gasteiger partial charge is 0.205 e. The first kappa shape index (κ1) is 18.8. The van der Waals surface area contributed by atoms with Crippen LogP contribution in [-0.2, 0) is 6.42 Å². The van der Waals surface area contributed by atoms with Gasteiger partial charge in [0, 0.05) is 18.1 Å². The average molecular weight is 398 g/mol. The van der Waals surface area contributed by atoms with Gasteiger partial charge in [0.2, 0.25) is 17.5 Å². The lowest BCUT2D eigenvalue weighted by molar-refractivity contribution is 0.368. The summed E-state index contributed by atoms with van der Waals surface area (Å²) in [4.78, 5) is 11.8. The molecule has 27 heavy (non-hydrogen) atoms. The number of halogens is 9. The largest absolute Gasteiger partial charge is 0.457 e. The summed E-state index contributed by atoms with van der Waals surface area (Å²) in [6.45, 7) is 0. The molecular weight excluding hydrogens is 395 g/mol. The molecular formula is C16H3F9O2. The third-order valence-electron chi connectivity index (χ3n) is 3.65. The first-order valence-electron chi connectivity index (χ1n) is 6.85. The van der Waals surface area contributed by atoms with Crippen molar-refractivity contribution in [2.45, 2.75) is 6.42 Å². The maximum Gasteiger partial charge on any atom is 0.205 e. The van der Waals surface area contributed by atoms with Crippen molar-refractivity contribution in [2.24, 2.45) is 0 Å². The highest BCUT2D eigenvalue weighted by molar-refractivity contribution is 5.78. The maximum absolute atomic E-state index is 13.7. The normalized spacial score (nSPS) is 11.4. The number of benzene rings is 2. The average Bonchev–Trinajstić information content (AvgIpc) is 2.64. The monoisotopic (exact) mass is 398 g/mol.